The Morgan fingerprint density at radius 2 is 2.00 bits per heavy atom. The summed E-state index contributed by atoms with van der Waals surface area (Å²) in [5.74, 6) is 0.829. The molecule has 0 saturated heterocycles. The maximum absolute atomic E-state index is 6.76. The average molecular weight is 127 g/mol. The van der Waals surface area contributed by atoms with E-state index in [-0.39, 0.29) is 0 Å². The molecule has 0 atom stereocenters. The molecule has 0 radical (unpaired) electrons. The highest BCUT2D eigenvalue weighted by Gasteiger charge is 1.91. The quantitative estimate of drug-likeness (QED) is 0.434. The lowest BCUT2D eigenvalue weighted by Crippen LogP contribution is -1.86. The predicted octanol–water partition coefficient (Wildman–Crippen LogP) is 2.85. The predicted molar refractivity (Wildman–Crippen MR) is 42.1 cm³/mol. The summed E-state index contributed by atoms with van der Waals surface area (Å²) in [5, 5.41) is 6.76. The molecule has 1 heteroatoms. The van der Waals surface area contributed by atoms with Gasteiger partial charge in [0.05, 0.1) is 0 Å². The topological polar surface area (TPSA) is 23.9 Å². The van der Waals surface area contributed by atoms with E-state index in [4.69, 9.17) is 5.41 Å². The van der Waals surface area contributed by atoms with Gasteiger partial charge in [0.2, 0.25) is 0 Å². The highest BCUT2D eigenvalue weighted by Crippen LogP contribution is 2.06. The minimum atomic E-state index is 0.829. The molecule has 0 aromatic carbocycles. The van der Waals surface area contributed by atoms with Crippen LogP contribution < -0.4 is 0 Å². The van der Waals surface area contributed by atoms with Crippen molar-refractivity contribution >= 4 is 6.21 Å². The number of nitrogens with one attached hydrogen (secondary N) is 1. The maximum atomic E-state index is 6.76. The van der Waals surface area contributed by atoms with E-state index in [2.05, 4.69) is 13.8 Å². The Morgan fingerprint density at radius 3 is 2.44 bits per heavy atom. The Morgan fingerprint density at radius 1 is 1.33 bits per heavy atom. The minimum absolute atomic E-state index is 0.829. The molecule has 9 heavy (non-hydrogen) atoms. The SMILES string of the molecule is CC(C)CCCCC=N. The molecule has 0 spiro atoms. The largest absolute Gasteiger partial charge is 0.313 e. The third-order valence-electron chi connectivity index (χ3n) is 1.38. The zero-order valence-corrected chi connectivity index (χ0v) is 6.48. The first-order valence-corrected chi connectivity index (χ1v) is 3.76. The fraction of sp³-hybridized carbons (Fsp3) is 0.875. The zero-order valence-electron chi connectivity index (χ0n) is 6.48. The lowest BCUT2D eigenvalue weighted by Gasteiger charge is -2.00. The van der Waals surface area contributed by atoms with Crippen LogP contribution in [0.3, 0.4) is 0 Å². The van der Waals surface area contributed by atoms with Crippen molar-refractivity contribution in [3.8, 4) is 0 Å². The molecule has 54 valence electrons. The monoisotopic (exact) mass is 127 g/mol. The molecule has 0 saturated carbocycles. The van der Waals surface area contributed by atoms with E-state index >= 15 is 0 Å². The van der Waals surface area contributed by atoms with Crippen LogP contribution in [-0.2, 0) is 0 Å². The molecule has 0 unspecified atom stereocenters. The molecule has 0 amide bonds. The van der Waals surface area contributed by atoms with Gasteiger partial charge in [-0.05, 0) is 25.0 Å². The first kappa shape index (κ1) is 8.67. The van der Waals surface area contributed by atoms with Gasteiger partial charge in [0.25, 0.3) is 0 Å². The Bertz CT molecular complexity index is 67.0. The number of rotatable bonds is 5. The van der Waals surface area contributed by atoms with Crippen LogP contribution in [0.2, 0.25) is 0 Å². The number of unbranched alkanes of at least 4 members (excludes halogenated alkanes) is 2. The van der Waals surface area contributed by atoms with E-state index in [1.165, 1.54) is 25.5 Å². The molecule has 1 nitrogen and oxygen atoms in total. The van der Waals surface area contributed by atoms with Crippen LogP contribution in [0.25, 0.3) is 0 Å². The van der Waals surface area contributed by atoms with Crippen molar-refractivity contribution < 1.29 is 0 Å². The molecule has 0 bridgehead atoms. The fourth-order valence-electron chi connectivity index (χ4n) is 0.799. The van der Waals surface area contributed by atoms with Crippen molar-refractivity contribution in [3.63, 3.8) is 0 Å². The summed E-state index contributed by atoms with van der Waals surface area (Å²) in [6, 6.07) is 0. The summed E-state index contributed by atoms with van der Waals surface area (Å²) >= 11 is 0. The average Bonchev–Trinajstić information content (AvgIpc) is 1.80. The van der Waals surface area contributed by atoms with E-state index in [1.54, 1.807) is 0 Å². The van der Waals surface area contributed by atoms with Crippen LogP contribution in [0.15, 0.2) is 0 Å². The third-order valence-corrected chi connectivity index (χ3v) is 1.38. The first-order chi connectivity index (χ1) is 4.27. The fourth-order valence-corrected chi connectivity index (χ4v) is 0.799. The van der Waals surface area contributed by atoms with Gasteiger partial charge in [0.15, 0.2) is 0 Å². The number of hydrogen-bond donors (Lipinski definition) is 1. The highest BCUT2D eigenvalue weighted by molar-refractivity contribution is 5.52. The Labute approximate surface area is 58.0 Å². The number of hydrogen-bond acceptors (Lipinski definition) is 1. The second-order valence-electron chi connectivity index (χ2n) is 2.88. The van der Waals surface area contributed by atoms with Gasteiger partial charge < -0.3 is 5.41 Å². The van der Waals surface area contributed by atoms with Gasteiger partial charge in [-0.2, -0.15) is 0 Å². The van der Waals surface area contributed by atoms with Gasteiger partial charge in [-0.25, -0.2) is 0 Å². The molecule has 0 aromatic heterocycles. The third kappa shape index (κ3) is 7.67. The lowest BCUT2D eigenvalue weighted by atomic mass is 10.1. The molecular weight excluding hydrogens is 110 g/mol. The van der Waals surface area contributed by atoms with Crippen LogP contribution in [0.4, 0.5) is 0 Å². The van der Waals surface area contributed by atoms with Gasteiger partial charge in [-0.15, -0.1) is 0 Å². The molecule has 0 heterocycles. The molecule has 0 fully saturated rings. The first-order valence-electron chi connectivity index (χ1n) is 3.76. The summed E-state index contributed by atoms with van der Waals surface area (Å²) in [6.07, 6.45) is 6.26. The second-order valence-corrected chi connectivity index (χ2v) is 2.88. The van der Waals surface area contributed by atoms with Crippen molar-refractivity contribution in [3.05, 3.63) is 0 Å². The van der Waals surface area contributed by atoms with E-state index in [0.29, 0.717) is 0 Å². The van der Waals surface area contributed by atoms with Gasteiger partial charge in [0, 0.05) is 0 Å². The van der Waals surface area contributed by atoms with E-state index in [1.807, 2.05) is 0 Å². The van der Waals surface area contributed by atoms with Gasteiger partial charge in [-0.3, -0.25) is 0 Å². The Balaban J connectivity index is 2.82. The molecule has 0 aliphatic heterocycles. The molecule has 0 aliphatic rings. The molecule has 0 aliphatic carbocycles. The smallest absolute Gasteiger partial charge is 0.00477 e. The lowest BCUT2D eigenvalue weighted by molar-refractivity contribution is 0.544. The minimum Gasteiger partial charge on any atom is -0.313 e. The Kier molecular flexibility index (Phi) is 5.59. The second kappa shape index (κ2) is 5.80. The van der Waals surface area contributed by atoms with Crippen LogP contribution in [-0.4, -0.2) is 6.21 Å². The molecule has 1 N–H and O–H groups in total. The summed E-state index contributed by atoms with van der Waals surface area (Å²) in [5.41, 5.74) is 0. The summed E-state index contributed by atoms with van der Waals surface area (Å²) in [6.45, 7) is 4.48. The van der Waals surface area contributed by atoms with Crippen molar-refractivity contribution in [1.82, 2.24) is 0 Å². The van der Waals surface area contributed by atoms with Crippen molar-refractivity contribution in [1.29, 1.82) is 5.41 Å². The highest BCUT2D eigenvalue weighted by atomic mass is 14.3. The normalized spacial score (nSPS) is 10.1. The zero-order chi connectivity index (χ0) is 7.11. The van der Waals surface area contributed by atoms with Crippen molar-refractivity contribution in [2.75, 3.05) is 0 Å². The standard InChI is InChI=1S/C8H17N/c1-8(2)6-4-3-5-7-9/h7-9H,3-6H2,1-2H3. The van der Waals surface area contributed by atoms with E-state index in [0.717, 1.165) is 12.3 Å². The Hall–Kier alpha value is -0.330. The van der Waals surface area contributed by atoms with Crippen LogP contribution in [0, 0.1) is 11.3 Å². The summed E-state index contributed by atoms with van der Waals surface area (Å²) in [7, 11) is 0. The van der Waals surface area contributed by atoms with Gasteiger partial charge in [0.1, 0.15) is 0 Å². The van der Waals surface area contributed by atoms with Crippen molar-refractivity contribution in [2.24, 2.45) is 5.92 Å². The summed E-state index contributed by atoms with van der Waals surface area (Å²) in [4.78, 5) is 0. The van der Waals surface area contributed by atoms with E-state index < -0.39 is 0 Å². The summed E-state index contributed by atoms with van der Waals surface area (Å²) < 4.78 is 0. The van der Waals surface area contributed by atoms with Gasteiger partial charge in [-0.1, -0.05) is 26.7 Å². The molecule has 0 rings (SSSR count). The molecule has 0 aromatic rings. The molecular formula is C8H17N. The van der Waals surface area contributed by atoms with Crippen LogP contribution in [0.1, 0.15) is 39.5 Å². The van der Waals surface area contributed by atoms with Gasteiger partial charge >= 0.3 is 0 Å². The van der Waals surface area contributed by atoms with Crippen molar-refractivity contribution in [2.45, 2.75) is 39.5 Å². The van der Waals surface area contributed by atoms with Crippen LogP contribution >= 0.6 is 0 Å². The maximum Gasteiger partial charge on any atom is -0.00477 e. The van der Waals surface area contributed by atoms with E-state index in [9.17, 15) is 0 Å². The van der Waals surface area contributed by atoms with Crippen LogP contribution in [0.5, 0.6) is 0 Å².